The molecule has 2 nitrogen and oxygen atoms in total. The predicted octanol–water partition coefficient (Wildman–Crippen LogP) is 5.03. The van der Waals surface area contributed by atoms with Gasteiger partial charge >= 0.3 is 0 Å². The fraction of sp³-hybridized carbons (Fsp3) is 0.739. The van der Waals surface area contributed by atoms with E-state index in [9.17, 15) is 9.59 Å². The molecule has 5 bridgehead atoms. The van der Waals surface area contributed by atoms with E-state index in [0.717, 1.165) is 32.1 Å². The first-order valence-electron chi connectivity index (χ1n) is 10.3. The molecule has 5 aliphatic carbocycles. The van der Waals surface area contributed by atoms with E-state index >= 15 is 0 Å². The van der Waals surface area contributed by atoms with Gasteiger partial charge in [0.25, 0.3) is 0 Å². The average molecular weight is 338 g/mol. The van der Waals surface area contributed by atoms with Gasteiger partial charge in [-0.3, -0.25) is 9.59 Å². The van der Waals surface area contributed by atoms with Crippen LogP contribution in [0.4, 0.5) is 0 Å². The van der Waals surface area contributed by atoms with E-state index in [0.29, 0.717) is 29.3 Å². The van der Waals surface area contributed by atoms with Gasteiger partial charge in [-0.1, -0.05) is 19.9 Å². The summed E-state index contributed by atoms with van der Waals surface area (Å²) in [5.41, 5.74) is 2.97. The van der Waals surface area contributed by atoms with Crippen LogP contribution in [0.25, 0.3) is 0 Å². The molecule has 0 N–H and O–H groups in total. The first-order chi connectivity index (χ1) is 11.8. The zero-order chi connectivity index (χ0) is 17.6. The highest BCUT2D eigenvalue weighted by Gasteiger charge is 2.66. The zero-order valence-corrected chi connectivity index (χ0v) is 15.9. The minimum atomic E-state index is -0.153. The summed E-state index contributed by atoms with van der Waals surface area (Å²) in [6.07, 6.45) is 12.9. The highest BCUT2D eigenvalue weighted by molar-refractivity contribution is 5.92. The lowest BCUT2D eigenvalue weighted by molar-refractivity contribution is -0.141. The standard InChI is InChI=1S/C23H30O2/c1-14(24)23-10-4-15-12-17-18(6-9-22(23,3)19(17)7-11-23)21(2)8-5-16(25)13-20(15)21/h4,13,17-19H,5-12H2,1-3H3/t17?,18-,19?,21+,22-,23-/m0/s1. The van der Waals surface area contributed by atoms with Gasteiger partial charge in [-0.2, -0.15) is 0 Å². The van der Waals surface area contributed by atoms with Crippen LogP contribution in [0, 0.1) is 34.0 Å². The lowest BCUT2D eigenvalue weighted by Gasteiger charge is -2.61. The molecule has 0 saturated heterocycles. The second-order valence-electron chi connectivity index (χ2n) is 10.1. The first kappa shape index (κ1) is 16.0. The van der Waals surface area contributed by atoms with E-state index in [1.54, 1.807) is 0 Å². The van der Waals surface area contributed by atoms with Gasteiger partial charge in [0.1, 0.15) is 5.78 Å². The molecule has 3 fully saturated rings. The van der Waals surface area contributed by atoms with Crippen LogP contribution < -0.4 is 0 Å². The van der Waals surface area contributed by atoms with E-state index < -0.39 is 0 Å². The van der Waals surface area contributed by atoms with Gasteiger partial charge in [-0.15, -0.1) is 0 Å². The summed E-state index contributed by atoms with van der Waals surface area (Å²) in [6, 6.07) is 0. The molecule has 3 saturated carbocycles. The minimum absolute atomic E-state index is 0.153. The van der Waals surface area contributed by atoms with Crippen LogP contribution in [0.5, 0.6) is 0 Å². The highest BCUT2D eigenvalue weighted by Crippen LogP contribution is 2.72. The van der Waals surface area contributed by atoms with Crippen LogP contribution in [0.2, 0.25) is 0 Å². The van der Waals surface area contributed by atoms with Gasteiger partial charge in [0.2, 0.25) is 0 Å². The molecular weight excluding hydrogens is 308 g/mol. The summed E-state index contributed by atoms with van der Waals surface area (Å²) < 4.78 is 0. The summed E-state index contributed by atoms with van der Waals surface area (Å²) in [5.74, 6) is 2.81. The van der Waals surface area contributed by atoms with Gasteiger partial charge < -0.3 is 0 Å². The van der Waals surface area contributed by atoms with Crippen molar-refractivity contribution in [2.24, 2.45) is 34.0 Å². The van der Waals surface area contributed by atoms with Crippen molar-refractivity contribution in [3.05, 3.63) is 23.3 Å². The Morgan fingerprint density at radius 1 is 1.12 bits per heavy atom. The molecule has 0 aromatic heterocycles. The number of ketones is 2. The second kappa shape index (κ2) is 4.75. The fourth-order valence-corrected chi connectivity index (χ4v) is 8.17. The third-order valence-corrected chi connectivity index (χ3v) is 9.60. The number of allylic oxidation sites excluding steroid dienone is 3. The Hall–Kier alpha value is -1.18. The molecule has 25 heavy (non-hydrogen) atoms. The maximum atomic E-state index is 12.9. The molecule has 5 rings (SSSR count). The molecule has 2 unspecified atom stereocenters. The molecule has 0 amide bonds. The van der Waals surface area contributed by atoms with Crippen molar-refractivity contribution in [3.8, 4) is 0 Å². The summed E-state index contributed by atoms with van der Waals surface area (Å²) in [4.78, 5) is 25.0. The highest BCUT2D eigenvalue weighted by atomic mass is 16.1. The Bertz CT molecular complexity index is 743. The fourth-order valence-electron chi connectivity index (χ4n) is 8.17. The molecule has 6 atom stereocenters. The van der Waals surface area contributed by atoms with Crippen molar-refractivity contribution in [2.45, 2.75) is 72.1 Å². The smallest absolute Gasteiger partial charge is 0.156 e. The first-order valence-corrected chi connectivity index (χ1v) is 10.3. The Labute approximate surface area is 151 Å². The molecule has 5 aliphatic rings. The molecule has 0 spiro atoms. The summed E-state index contributed by atoms with van der Waals surface area (Å²) in [6.45, 7) is 6.72. The van der Waals surface area contributed by atoms with E-state index in [2.05, 4.69) is 19.9 Å². The Morgan fingerprint density at radius 3 is 2.64 bits per heavy atom. The number of carbonyl (C=O) groups excluding carboxylic acids is 2. The van der Waals surface area contributed by atoms with Gasteiger partial charge in [0, 0.05) is 11.8 Å². The van der Waals surface area contributed by atoms with Crippen molar-refractivity contribution in [2.75, 3.05) is 0 Å². The summed E-state index contributed by atoms with van der Waals surface area (Å²) in [5, 5.41) is 0. The van der Waals surface area contributed by atoms with Gasteiger partial charge in [0.15, 0.2) is 5.78 Å². The number of hydrogen-bond donors (Lipinski definition) is 0. The maximum absolute atomic E-state index is 12.9. The van der Waals surface area contributed by atoms with Gasteiger partial charge in [-0.25, -0.2) is 0 Å². The van der Waals surface area contributed by atoms with Crippen LogP contribution in [0.15, 0.2) is 23.3 Å². The maximum Gasteiger partial charge on any atom is 0.156 e. The summed E-state index contributed by atoms with van der Waals surface area (Å²) >= 11 is 0. The van der Waals surface area contributed by atoms with E-state index in [1.807, 2.05) is 13.0 Å². The molecule has 0 aromatic carbocycles. The third kappa shape index (κ3) is 1.72. The van der Waals surface area contributed by atoms with Crippen molar-refractivity contribution < 1.29 is 9.59 Å². The van der Waals surface area contributed by atoms with E-state index in [4.69, 9.17) is 0 Å². The Kier molecular flexibility index (Phi) is 3.05. The largest absolute Gasteiger partial charge is 0.299 e. The third-order valence-electron chi connectivity index (χ3n) is 9.60. The molecule has 0 heterocycles. The molecule has 0 aromatic rings. The van der Waals surface area contributed by atoms with Crippen molar-refractivity contribution in [1.82, 2.24) is 0 Å². The number of Topliss-reactive ketones (excluding diaryl/α,β-unsaturated/α-hetero) is 1. The molecule has 2 heteroatoms. The lowest BCUT2D eigenvalue weighted by atomic mass is 9.42. The normalized spacial score (nSPS) is 50.5. The van der Waals surface area contributed by atoms with Crippen LogP contribution in [-0.4, -0.2) is 11.6 Å². The molecule has 0 aliphatic heterocycles. The molecule has 134 valence electrons. The zero-order valence-electron chi connectivity index (χ0n) is 15.9. The van der Waals surface area contributed by atoms with E-state index in [-0.39, 0.29) is 16.2 Å². The van der Waals surface area contributed by atoms with Gasteiger partial charge in [-0.05, 0) is 97.7 Å². The van der Waals surface area contributed by atoms with Crippen molar-refractivity contribution in [1.29, 1.82) is 0 Å². The van der Waals surface area contributed by atoms with Crippen LogP contribution in [0.1, 0.15) is 72.1 Å². The topological polar surface area (TPSA) is 34.1 Å². The van der Waals surface area contributed by atoms with Crippen molar-refractivity contribution in [3.63, 3.8) is 0 Å². The van der Waals surface area contributed by atoms with Crippen LogP contribution in [0.3, 0.4) is 0 Å². The quantitative estimate of drug-likeness (QED) is 0.671. The van der Waals surface area contributed by atoms with Crippen molar-refractivity contribution >= 4 is 11.6 Å². The monoisotopic (exact) mass is 338 g/mol. The Morgan fingerprint density at radius 2 is 1.88 bits per heavy atom. The van der Waals surface area contributed by atoms with Crippen LogP contribution in [-0.2, 0) is 9.59 Å². The second-order valence-corrected chi connectivity index (χ2v) is 10.1. The molecular formula is C23H30O2. The number of carbonyl (C=O) groups is 2. The predicted molar refractivity (Wildman–Crippen MR) is 97.9 cm³/mol. The number of rotatable bonds is 1. The van der Waals surface area contributed by atoms with Gasteiger partial charge in [0.05, 0.1) is 0 Å². The summed E-state index contributed by atoms with van der Waals surface area (Å²) in [7, 11) is 0. The lowest BCUT2D eigenvalue weighted by Crippen LogP contribution is -2.55. The SMILES string of the molecule is CC(=O)[C@]12CC=C3CC4C(CC1)[C@]2(C)CC[C@@H]4[C@@]1(C)CCC(=O)C=C31. The number of hydrogen-bond acceptors (Lipinski definition) is 2. The number of fused-ring (bicyclic) bond motifs is 4. The Balaban J connectivity index is 1.74. The minimum Gasteiger partial charge on any atom is -0.299 e. The van der Waals surface area contributed by atoms with E-state index in [1.165, 1.54) is 30.4 Å². The average Bonchev–Trinajstić information content (AvgIpc) is 2.91. The molecule has 0 radical (unpaired) electrons. The van der Waals surface area contributed by atoms with Crippen LogP contribution >= 0.6 is 0 Å².